The molecule has 19 heavy (non-hydrogen) atoms. The summed E-state index contributed by atoms with van der Waals surface area (Å²) in [6.45, 7) is 1.34. The Morgan fingerprint density at radius 1 is 1.26 bits per heavy atom. The monoisotopic (exact) mass is 263 g/mol. The lowest BCUT2D eigenvalue weighted by Gasteiger charge is -2.31. The van der Waals surface area contributed by atoms with Gasteiger partial charge >= 0.3 is 0 Å². The molecule has 0 radical (unpaired) electrons. The number of hydrogen-bond acceptors (Lipinski definition) is 5. The molecule has 7 nitrogen and oxygen atoms in total. The van der Waals surface area contributed by atoms with Gasteiger partial charge in [0.2, 0.25) is 5.91 Å². The number of anilines is 2. The topological polar surface area (TPSA) is 128 Å². The van der Waals surface area contributed by atoms with Crippen LogP contribution in [-0.2, 0) is 4.79 Å². The van der Waals surface area contributed by atoms with Crippen LogP contribution in [0.15, 0.2) is 12.3 Å². The van der Waals surface area contributed by atoms with Crippen LogP contribution in [0.5, 0.6) is 0 Å². The highest BCUT2D eigenvalue weighted by Gasteiger charge is 2.24. The first-order valence-corrected chi connectivity index (χ1v) is 6.08. The second-order valence-corrected chi connectivity index (χ2v) is 4.66. The smallest absolute Gasteiger partial charge is 0.250 e. The fourth-order valence-corrected chi connectivity index (χ4v) is 2.23. The Morgan fingerprint density at radius 2 is 1.89 bits per heavy atom. The van der Waals surface area contributed by atoms with E-state index in [2.05, 4.69) is 4.98 Å². The summed E-state index contributed by atoms with van der Waals surface area (Å²) < 4.78 is 0. The summed E-state index contributed by atoms with van der Waals surface area (Å²) in [5, 5.41) is 0. The maximum Gasteiger partial charge on any atom is 0.250 e. The normalized spacial score (nSPS) is 16.3. The van der Waals surface area contributed by atoms with Crippen molar-refractivity contribution in [1.82, 2.24) is 4.98 Å². The second-order valence-electron chi connectivity index (χ2n) is 4.66. The van der Waals surface area contributed by atoms with E-state index >= 15 is 0 Å². The lowest BCUT2D eigenvalue weighted by atomic mass is 9.96. The zero-order valence-electron chi connectivity index (χ0n) is 10.5. The summed E-state index contributed by atoms with van der Waals surface area (Å²) in [6, 6.07) is 1.59. The molecule has 1 aliphatic heterocycles. The number of nitrogen functional groups attached to an aromatic ring is 1. The fourth-order valence-electron chi connectivity index (χ4n) is 2.23. The van der Waals surface area contributed by atoms with Gasteiger partial charge in [0.1, 0.15) is 5.82 Å². The highest BCUT2D eigenvalue weighted by Crippen LogP contribution is 2.23. The summed E-state index contributed by atoms with van der Waals surface area (Å²) in [7, 11) is 0. The van der Waals surface area contributed by atoms with E-state index in [1.54, 1.807) is 6.07 Å². The van der Waals surface area contributed by atoms with Crippen molar-refractivity contribution in [3.05, 3.63) is 17.8 Å². The molecule has 1 aliphatic rings. The molecule has 0 spiro atoms. The highest BCUT2D eigenvalue weighted by atomic mass is 16.1. The van der Waals surface area contributed by atoms with E-state index in [4.69, 9.17) is 17.2 Å². The number of aromatic nitrogens is 1. The number of nitrogens with zero attached hydrogens (tertiary/aromatic N) is 2. The van der Waals surface area contributed by atoms with E-state index in [0.29, 0.717) is 31.7 Å². The Morgan fingerprint density at radius 3 is 2.42 bits per heavy atom. The van der Waals surface area contributed by atoms with Crippen LogP contribution in [0.4, 0.5) is 11.5 Å². The number of rotatable bonds is 3. The van der Waals surface area contributed by atoms with Gasteiger partial charge in [-0.05, 0) is 18.9 Å². The Bertz CT molecular complexity index is 509. The van der Waals surface area contributed by atoms with Crippen molar-refractivity contribution in [2.24, 2.45) is 17.4 Å². The Balaban J connectivity index is 2.14. The molecule has 0 bridgehead atoms. The highest BCUT2D eigenvalue weighted by molar-refractivity contribution is 5.98. The van der Waals surface area contributed by atoms with Crippen molar-refractivity contribution in [2.45, 2.75) is 12.8 Å². The fraction of sp³-hybridized carbons (Fsp3) is 0.417. The Hall–Kier alpha value is -2.31. The van der Waals surface area contributed by atoms with E-state index in [9.17, 15) is 9.59 Å². The van der Waals surface area contributed by atoms with Crippen molar-refractivity contribution in [3.63, 3.8) is 0 Å². The number of piperidine rings is 1. The number of nitrogens with two attached hydrogens (primary N) is 3. The predicted molar refractivity (Wildman–Crippen MR) is 71.3 cm³/mol. The average Bonchev–Trinajstić information content (AvgIpc) is 2.39. The number of hydrogen-bond donors (Lipinski definition) is 3. The van der Waals surface area contributed by atoms with Gasteiger partial charge in [-0.2, -0.15) is 0 Å². The number of pyridine rings is 1. The lowest BCUT2D eigenvalue weighted by molar-refractivity contribution is -0.122. The van der Waals surface area contributed by atoms with Gasteiger partial charge in [0, 0.05) is 19.0 Å². The van der Waals surface area contributed by atoms with E-state index in [1.165, 1.54) is 6.20 Å². The van der Waals surface area contributed by atoms with Crippen LogP contribution in [-0.4, -0.2) is 29.9 Å². The third-order valence-electron chi connectivity index (χ3n) is 3.41. The summed E-state index contributed by atoms with van der Waals surface area (Å²) in [5.41, 5.74) is 16.7. The van der Waals surface area contributed by atoms with Gasteiger partial charge in [0.05, 0.1) is 17.4 Å². The van der Waals surface area contributed by atoms with Crippen molar-refractivity contribution >= 4 is 23.3 Å². The first kappa shape index (κ1) is 13.1. The van der Waals surface area contributed by atoms with Gasteiger partial charge in [0.15, 0.2) is 0 Å². The maximum absolute atomic E-state index is 11.2. The zero-order valence-corrected chi connectivity index (χ0v) is 10.5. The summed E-state index contributed by atoms with van der Waals surface area (Å²) in [5.74, 6) is -0.275. The minimum atomic E-state index is -0.576. The molecule has 1 aromatic heterocycles. The summed E-state index contributed by atoms with van der Waals surface area (Å²) in [6.07, 6.45) is 2.80. The molecule has 0 aliphatic carbocycles. The third kappa shape index (κ3) is 2.75. The molecule has 0 aromatic carbocycles. The molecule has 0 atom stereocenters. The largest absolute Gasteiger partial charge is 0.397 e. The van der Waals surface area contributed by atoms with Crippen molar-refractivity contribution in [2.75, 3.05) is 23.7 Å². The molecule has 1 fully saturated rings. The number of carbonyl (C=O) groups is 2. The van der Waals surface area contributed by atoms with E-state index in [1.807, 2.05) is 4.90 Å². The number of carbonyl (C=O) groups excluding carboxylic acids is 2. The standard InChI is InChI=1S/C12H17N5O2/c13-9-6-16-10(5-8(9)12(15)19)17-3-1-7(2-4-17)11(14)18/h5-7H,1-4,13H2,(H2,14,18)(H2,15,19). The molecule has 7 heteroatoms. The van der Waals surface area contributed by atoms with Crippen LogP contribution in [0.1, 0.15) is 23.2 Å². The van der Waals surface area contributed by atoms with Crippen molar-refractivity contribution in [1.29, 1.82) is 0 Å². The number of primary amides is 2. The van der Waals surface area contributed by atoms with E-state index in [0.717, 1.165) is 0 Å². The molecule has 1 saturated heterocycles. The number of amides is 2. The molecule has 6 N–H and O–H groups in total. The first-order chi connectivity index (χ1) is 8.99. The Labute approximate surface area is 110 Å². The van der Waals surface area contributed by atoms with Crippen molar-refractivity contribution in [3.8, 4) is 0 Å². The molecule has 0 saturated carbocycles. The van der Waals surface area contributed by atoms with Crippen LogP contribution < -0.4 is 22.1 Å². The van der Waals surface area contributed by atoms with Gasteiger partial charge < -0.3 is 22.1 Å². The molecule has 2 amide bonds. The molecular weight excluding hydrogens is 246 g/mol. The molecule has 1 aromatic rings. The second kappa shape index (κ2) is 5.13. The van der Waals surface area contributed by atoms with Crippen LogP contribution >= 0.6 is 0 Å². The molecule has 102 valence electrons. The van der Waals surface area contributed by atoms with Crippen LogP contribution in [0.3, 0.4) is 0 Å². The maximum atomic E-state index is 11.2. The van der Waals surface area contributed by atoms with Gasteiger partial charge in [-0.3, -0.25) is 9.59 Å². The predicted octanol–water partition coefficient (Wildman–Crippen LogP) is -0.536. The van der Waals surface area contributed by atoms with Crippen LogP contribution in [0.25, 0.3) is 0 Å². The quantitative estimate of drug-likeness (QED) is 0.675. The minimum Gasteiger partial charge on any atom is -0.397 e. The van der Waals surface area contributed by atoms with E-state index in [-0.39, 0.29) is 23.1 Å². The Kier molecular flexibility index (Phi) is 3.55. The van der Waals surface area contributed by atoms with Gasteiger partial charge in [-0.15, -0.1) is 0 Å². The molecule has 2 heterocycles. The lowest BCUT2D eigenvalue weighted by Crippen LogP contribution is -2.39. The van der Waals surface area contributed by atoms with Crippen LogP contribution in [0, 0.1) is 5.92 Å². The summed E-state index contributed by atoms with van der Waals surface area (Å²) in [4.78, 5) is 28.5. The third-order valence-corrected chi connectivity index (χ3v) is 3.41. The van der Waals surface area contributed by atoms with Crippen LogP contribution in [0.2, 0.25) is 0 Å². The zero-order chi connectivity index (χ0) is 14.0. The molecule has 2 rings (SSSR count). The summed E-state index contributed by atoms with van der Waals surface area (Å²) >= 11 is 0. The average molecular weight is 263 g/mol. The minimum absolute atomic E-state index is 0.0827. The molecule has 0 unspecified atom stereocenters. The van der Waals surface area contributed by atoms with Crippen molar-refractivity contribution < 1.29 is 9.59 Å². The van der Waals surface area contributed by atoms with Gasteiger partial charge in [-0.25, -0.2) is 4.98 Å². The molecular formula is C12H17N5O2. The SMILES string of the molecule is NC(=O)c1cc(N2CCC(C(N)=O)CC2)ncc1N. The van der Waals surface area contributed by atoms with Gasteiger partial charge in [0.25, 0.3) is 5.91 Å². The van der Waals surface area contributed by atoms with Gasteiger partial charge in [-0.1, -0.05) is 0 Å². The first-order valence-electron chi connectivity index (χ1n) is 6.08. The van der Waals surface area contributed by atoms with E-state index < -0.39 is 5.91 Å².